The fraction of sp³-hybridized carbons (Fsp3) is 0.125. The molecular formula is C16H14S. The Hall–Kier alpha value is -1.60. The normalized spacial score (nSPS) is 10.9. The minimum absolute atomic E-state index is 1.04. The lowest BCUT2D eigenvalue weighted by Crippen LogP contribution is -1.84. The molecule has 1 heteroatoms. The molecule has 0 saturated heterocycles. The van der Waals surface area contributed by atoms with Crippen LogP contribution in [0.25, 0.3) is 10.8 Å². The van der Waals surface area contributed by atoms with E-state index in [0.717, 1.165) is 6.42 Å². The van der Waals surface area contributed by atoms with Crippen molar-refractivity contribution in [3.05, 3.63) is 69.9 Å². The van der Waals surface area contributed by atoms with Crippen molar-refractivity contribution in [2.75, 3.05) is 0 Å². The second kappa shape index (κ2) is 4.34. The fourth-order valence-corrected chi connectivity index (χ4v) is 3.05. The van der Waals surface area contributed by atoms with E-state index < -0.39 is 0 Å². The molecule has 2 aromatic carbocycles. The minimum Gasteiger partial charge on any atom is -0.145 e. The number of benzene rings is 2. The molecular weight excluding hydrogens is 224 g/mol. The zero-order chi connectivity index (χ0) is 11.7. The Labute approximate surface area is 106 Å². The summed E-state index contributed by atoms with van der Waals surface area (Å²) in [5.74, 6) is 0. The number of rotatable bonds is 2. The van der Waals surface area contributed by atoms with Crippen molar-refractivity contribution in [2.45, 2.75) is 13.3 Å². The molecule has 17 heavy (non-hydrogen) atoms. The van der Waals surface area contributed by atoms with Crippen LogP contribution in [0.1, 0.15) is 15.3 Å². The quantitative estimate of drug-likeness (QED) is 0.601. The van der Waals surface area contributed by atoms with Gasteiger partial charge in [0.15, 0.2) is 0 Å². The highest BCUT2D eigenvalue weighted by Gasteiger charge is 2.00. The van der Waals surface area contributed by atoms with Crippen LogP contribution in [0.2, 0.25) is 0 Å². The highest BCUT2D eigenvalue weighted by Crippen LogP contribution is 2.21. The van der Waals surface area contributed by atoms with Crippen molar-refractivity contribution in [3.63, 3.8) is 0 Å². The molecule has 0 unspecified atom stereocenters. The van der Waals surface area contributed by atoms with Gasteiger partial charge in [0.1, 0.15) is 0 Å². The molecule has 0 radical (unpaired) electrons. The lowest BCUT2D eigenvalue weighted by molar-refractivity contribution is 1.25. The van der Waals surface area contributed by atoms with Gasteiger partial charge in [-0.05, 0) is 35.4 Å². The first-order valence-electron chi connectivity index (χ1n) is 5.84. The minimum atomic E-state index is 1.04. The van der Waals surface area contributed by atoms with Gasteiger partial charge in [-0.1, -0.05) is 42.5 Å². The van der Waals surface area contributed by atoms with Gasteiger partial charge in [0, 0.05) is 16.2 Å². The van der Waals surface area contributed by atoms with Crippen LogP contribution in [0.5, 0.6) is 0 Å². The maximum absolute atomic E-state index is 2.30. The number of hydrogen-bond donors (Lipinski definition) is 0. The second-order valence-corrected chi connectivity index (χ2v) is 5.74. The molecule has 0 spiro atoms. The molecule has 0 amide bonds. The SMILES string of the molecule is Cc1ccc(Cc2ccc3ccccc3c2)s1. The smallest absolute Gasteiger partial charge is 0.00918 e. The molecule has 0 nitrogen and oxygen atoms in total. The number of fused-ring (bicyclic) bond motifs is 1. The van der Waals surface area contributed by atoms with E-state index in [-0.39, 0.29) is 0 Å². The molecule has 0 fully saturated rings. The molecule has 0 atom stereocenters. The van der Waals surface area contributed by atoms with Crippen molar-refractivity contribution in [3.8, 4) is 0 Å². The lowest BCUT2D eigenvalue weighted by atomic mass is 10.0. The maximum Gasteiger partial charge on any atom is 0.00918 e. The summed E-state index contributed by atoms with van der Waals surface area (Å²) in [6.07, 6.45) is 1.04. The first-order valence-corrected chi connectivity index (χ1v) is 6.66. The van der Waals surface area contributed by atoms with Crippen LogP contribution in [0.3, 0.4) is 0 Å². The predicted molar refractivity (Wildman–Crippen MR) is 75.8 cm³/mol. The molecule has 1 aromatic heterocycles. The summed E-state index contributed by atoms with van der Waals surface area (Å²) < 4.78 is 0. The zero-order valence-corrected chi connectivity index (χ0v) is 10.6. The van der Waals surface area contributed by atoms with E-state index in [1.807, 2.05) is 11.3 Å². The Bertz CT molecular complexity index is 649. The van der Waals surface area contributed by atoms with Crippen LogP contribution in [0.4, 0.5) is 0 Å². The fourth-order valence-electron chi connectivity index (χ4n) is 2.13. The lowest BCUT2D eigenvalue weighted by Gasteiger charge is -2.02. The third-order valence-corrected chi connectivity index (χ3v) is 3.99. The Morgan fingerprint density at radius 1 is 0.882 bits per heavy atom. The number of thiophene rings is 1. The average molecular weight is 238 g/mol. The van der Waals surface area contributed by atoms with Crippen molar-refractivity contribution in [1.82, 2.24) is 0 Å². The van der Waals surface area contributed by atoms with Gasteiger partial charge in [0.05, 0.1) is 0 Å². The number of aryl methyl sites for hydroxylation is 1. The van der Waals surface area contributed by atoms with Gasteiger partial charge in [-0.2, -0.15) is 0 Å². The summed E-state index contributed by atoms with van der Waals surface area (Å²) in [7, 11) is 0. The van der Waals surface area contributed by atoms with E-state index in [4.69, 9.17) is 0 Å². The molecule has 0 aliphatic carbocycles. The third-order valence-electron chi connectivity index (χ3n) is 2.99. The van der Waals surface area contributed by atoms with E-state index >= 15 is 0 Å². The van der Waals surface area contributed by atoms with Crippen molar-refractivity contribution < 1.29 is 0 Å². The standard InChI is InChI=1S/C16H14S/c1-12-6-9-16(17-12)11-13-7-8-14-4-2-3-5-15(14)10-13/h2-10H,11H2,1H3. The summed E-state index contributed by atoms with van der Waals surface area (Å²) in [6.45, 7) is 2.16. The zero-order valence-electron chi connectivity index (χ0n) is 9.81. The Morgan fingerprint density at radius 3 is 2.47 bits per heavy atom. The van der Waals surface area contributed by atoms with Gasteiger partial charge in [0.2, 0.25) is 0 Å². The molecule has 0 bridgehead atoms. The van der Waals surface area contributed by atoms with Crippen LogP contribution >= 0.6 is 11.3 Å². The molecule has 3 rings (SSSR count). The summed E-state index contributed by atoms with van der Waals surface area (Å²) >= 11 is 1.89. The largest absolute Gasteiger partial charge is 0.145 e. The first kappa shape index (κ1) is 10.5. The molecule has 84 valence electrons. The van der Waals surface area contributed by atoms with Crippen LogP contribution in [0.15, 0.2) is 54.6 Å². The molecule has 1 heterocycles. The van der Waals surface area contributed by atoms with Crippen molar-refractivity contribution in [2.24, 2.45) is 0 Å². The van der Waals surface area contributed by atoms with E-state index in [1.54, 1.807) is 0 Å². The summed E-state index contributed by atoms with van der Waals surface area (Å²) in [4.78, 5) is 2.83. The van der Waals surface area contributed by atoms with E-state index in [2.05, 4.69) is 61.5 Å². The van der Waals surface area contributed by atoms with Gasteiger partial charge in [-0.25, -0.2) is 0 Å². The average Bonchev–Trinajstić information content (AvgIpc) is 2.75. The van der Waals surface area contributed by atoms with Crippen molar-refractivity contribution >= 4 is 22.1 Å². The van der Waals surface area contributed by atoms with Gasteiger partial charge in [-0.15, -0.1) is 11.3 Å². The van der Waals surface area contributed by atoms with Gasteiger partial charge in [0.25, 0.3) is 0 Å². The summed E-state index contributed by atoms with van der Waals surface area (Å²) in [6, 6.07) is 19.7. The van der Waals surface area contributed by atoms with Gasteiger partial charge in [-0.3, -0.25) is 0 Å². The van der Waals surface area contributed by atoms with Crippen LogP contribution < -0.4 is 0 Å². The molecule has 3 aromatic rings. The highest BCUT2D eigenvalue weighted by molar-refractivity contribution is 7.11. The first-order chi connectivity index (χ1) is 8.31. The van der Waals surface area contributed by atoms with Gasteiger partial charge < -0.3 is 0 Å². The van der Waals surface area contributed by atoms with Crippen LogP contribution in [0, 0.1) is 6.92 Å². The molecule has 0 N–H and O–H groups in total. The Kier molecular flexibility index (Phi) is 2.69. The Morgan fingerprint density at radius 2 is 1.71 bits per heavy atom. The monoisotopic (exact) mass is 238 g/mol. The van der Waals surface area contributed by atoms with Crippen molar-refractivity contribution in [1.29, 1.82) is 0 Å². The highest BCUT2D eigenvalue weighted by atomic mass is 32.1. The maximum atomic E-state index is 2.30. The van der Waals surface area contributed by atoms with E-state index in [9.17, 15) is 0 Å². The van der Waals surface area contributed by atoms with Crippen LogP contribution in [-0.2, 0) is 6.42 Å². The summed E-state index contributed by atoms with van der Waals surface area (Å²) in [5.41, 5.74) is 1.39. The van der Waals surface area contributed by atoms with E-state index in [0.29, 0.717) is 0 Å². The van der Waals surface area contributed by atoms with Gasteiger partial charge >= 0.3 is 0 Å². The molecule has 0 saturated carbocycles. The summed E-state index contributed by atoms with van der Waals surface area (Å²) in [5, 5.41) is 2.65. The molecule has 0 aliphatic rings. The molecule has 0 aliphatic heterocycles. The number of hydrogen-bond acceptors (Lipinski definition) is 1. The Balaban J connectivity index is 1.95. The van der Waals surface area contributed by atoms with Crippen LogP contribution in [-0.4, -0.2) is 0 Å². The topological polar surface area (TPSA) is 0 Å². The second-order valence-electron chi connectivity index (χ2n) is 4.37. The predicted octanol–water partition coefficient (Wildman–Crippen LogP) is 4.80. The third kappa shape index (κ3) is 2.25. The van der Waals surface area contributed by atoms with E-state index in [1.165, 1.54) is 26.1 Å².